The molecule has 3 nitrogen and oxygen atoms in total. The van der Waals surface area contributed by atoms with E-state index < -0.39 is 25.2 Å². The Balaban J connectivity index is 1.85. The van der Waals surface area contributed by atoms with Gasteiger partial charge in [-0.05, 0) is 52.9 Å². The van der Waals surface area contributed by atoms with Crippen LogP contribution in [0.1, 0.15) is 22.3 Å². The van der Waals surface area contributed by atoms with Crippen LogP contribution in [0.3, 0.4) is 0 Å². The third-order valence-electron chi connectivity index (χ3n) is 4.82. The Morgan fingerprint density at radius 2 is 1.73 bits per heavy atom. The lowest BCUT2D eigenvalue weighted by Gasteiger charge is -2.15. The van der Waals surface area contributed by atoms with Crippen LogP contribution in [0.15, 0.2) is 83.8 Å². The molecule has 3 rings (SSSR count). The monoisotopic (exact) mass is 472 g/mol. The molecule has 0 aromatic heterocycles. The predicted molar refractivity (Wildman–Crippen MR) is 125 cm³/mol. The first-order chi connectivity index (χ1) is 15.7. The molecule has 0 amide bonds. The Hall–Kier alpha value is -3.19. The minimum Gasteiger partial charge on any atom is -0.482 e. The molecule has 0 fully saturated rings. The fraction of sp³-hybridized carbons (Fsp3) is 0.192. The molecule has 0 aliphatic rings. The number of alkyl halides is 3. The van der Waals surface area contributed by atoms with Gasteiger partial charge < -0.3 is 9.84 Å². The number of carbonyl (C=O) groups is 1. The van der Waals surface area contributed by atoms with Crippen molar-refractivity contribution in [3.05, 3.63) is 101 Å². The van der Waals surface area contributed by atoms with Crippen molar-refractivity contribution in [2.75, 3.05) is 12.4 Å². The smallest absolute Gasteiger partial charge is 0.393 e. The highest BCUT2D eigenvalue weighted by Crippen LogP contribution is 2.32. The summed E-state index contributed by atoms with van der Waals surface area (Å²) in [6, 6.07) is 21.4. The summed E-state index contributed by atoms with van der Waals surface area (Å²) in [6.45, 7) is 1.42. The van der Waals surface area contributed by atoms with Crippen molar-refractivity contribution < 1.29 is 27.8 Å². The Bertz CT molecular complexity index is 1130. The zero-order valence-corrected chi connectivity index (χ0v) is 18.7. The summed E-state index contributed by atoms with van der Waals surface area (Å²) < 4.78 is 44.7. The van der Waals surface area contributed by atoms with Crippen LogP contribution in [0.4, 0.5) is 13.2 Å². The maximum atomic E-state index is 13.2. The zero-order valence-electron chi connectivity index (χ0n) is 17.9. The number of halogens is 3. The fourth-order valence-corrected chi connectivity index (χ4v) is 4.26. The second-order valence-electron chi connectivity index (χ2n) is 7.35. The van der Waals surface area contributed by atoms with Crippen molar-refractivity contribution in [3.63, 3.8) is 0 Å². The average Bonchev–Trinajstić information content (AvgIpc) is 2.76. The minimum absolute atomic E-state index is 0.237. The van der Waals surface area contributed by atoms with E-state index in [2.05, 4.69) is 0 Å². The van der Waals surface area contributed by atoms with Crippen LogP contribution in [-0.4, -0.2) is 29.6 Å². The largest absolute Gasteiger partial charge is 0.482 e. The summed E-state index contributed by atoms with van der Waals surface area (Å²) in [5.41, 5.74) is 3.21. The van der Waals surface area contributed by atoms with Crippen LogP contribution in [0, 0.1) is 6.92 Å². The average molecular weight is 473 g/mol. The highest BCUT2D eigenvalue weighted by Gasteiger charge is 2.29. The fourth-order valence-electron chi connectivity index (χ4n) is 3.39. The van der Waals surface area contributed by atoms with Gasteiger partial charge >= 0.3 is 12.1 Å². The standard InChI is InChI=1S/C26H23F3O3S/c1-18-15-21(11-12-24(18)32-17-25(30)31)33-14-13-23(19-7-3-2-4-8-19)22-10-6-5-9-20(22)16-26(27,28)29/h2-13,15H,14,16-17H2,1H3,(H,30,31). The van der Waals surface area contributed by atoms with E-state index in [1.807, 2.05) is 55.5 Å². The van der Waals surface area contributed by atoms with Crippen LogP contribution in [0.2, 0.25) is 0 Å². The van der Waals surface area contributed by atoms with Gasteiger partial charge in [0, 0.05) is 10.6 Å². The van der Waals surface area contributed by atoms with E-state index in [0.717, 1.165) is 21.6 Å². The number of rotatable bonds is 9. The Morgan fingerprint density at radius 1 is 1.03 bits per heavy atom. The summed E-state index contributed by atoms with van der Waals surface area (Å²) in [6.07, 6.45) is -3.34. The zero-order chi connectivity index (χ0) is 23.8. The molecule has 172 valence electrons. The topological polar surface area (TPSA) is 46.5 Å². The van der Waals surface area contributed by atoms with E-state index >= 15 is 0 Å². The molecule has 1 N–H and O–H groups in total. The van der Waals surface area contributed by atoms with Crippen molar-refractivity contribution in [2.24, 2.45) is 0 Å². The van der Waals surface area contributed by atoms with Crippen LogP contribution in [0.25, 0.3) is 5.57 Å². The van der Waals surface area contributed by atoms with E-state index in [-0.39, 0.29) is 5.56 Å². The number of ether oxygens (including phenoxy) is 1. The maximum absolute atomic E-state index is 13.2. The lowest BCUT2D eigenvalue weighted by molar-refractivity contribution is -0.139. The van der Waals surface area contributed by atoms with Gasteiger partial charge in [0.15, 0.2) is 6.61 Å². The predicted octanol–water partition coefficient (Wildman–Crippen LogP) is 6.79. The molecule has 33 heavy (non-hydrogen) atoms. The molecular weight excluding hydrogens is 449 g/mol. The summed E-state index contributed by atoms with van der Waals surface area (Å²) >= 11 is 1.53. The molecule has 0 radical (unpaired) electrons. The van der Waals surface area contributed by atoms with E-state index in [4.69, 9.17) is 9.84 Å². The van der Waals surface area contributed by atoms with Gasteiger partial charge in [0.05, 0.1) is 6.42 Å². The normalized spacial score (nSPS) is 11.9. The number of aliphatic carboxylic acids is 1. The van der Waals surface area contributed by atoms with Crippen molar-refractivity contribution in [2.45, 2.75) is 24.4 Å². The third kappa shape index (κ3) is 7.43. The molecule has 3 aromatic rings. The third-order valence-corrected chi connectivity index (χ3v) is 5.74. The van der Waals surface area contributed by atoms with Gasteiger partial charge in [-0.3, -0.25) is 0 Å². The Kier molecular flexibility index (Phi) is 8.22. The van der Waals surface area contributed by atoms with Gasteiger partial charge in [0.2, 0.25) is 0 Å². The molecule has 0 spiro atoms. The van der Waals surface area contributed by atoms with Crippen LogP contribution in [0.5, 0.6) is 5.75 Å². The number of benzene rings is 3. The molecule has 7 heteroatoms. The van der Waals surface area contributed by atoms with Crippen LogP contribution in [-0.2, 0) is 11.2 Å². The van der Waals surface area contributed by atoms with E-state index in [1.165, 1.54) is 17.8 Å². The first-order valence-corrected chi connectivity index (χ1v) is 11.2. The van der Waals surface area contributed by atoms with Gasteiger partial charge in [0.25, 0.3) is 0 Å². The van der Waals surface area contributed by atoms with Crippen LogP contribution < -0.4 is 4.74 Å². The molecule has 3 aromatic carbocycles. The summed E-state index contributed by atoms with van der Waals surface area (Å²) in [7, 11) is 0. The highest BCUT2D eigenvalue weighted by atomic mass is 32.2. The highest BCUT2D eigenvalue weighted by molar-refractivity contribution is 7.99. The number of aryl methyl sites for hydroxylation is 1. The van der Waals surface area contributed by atoms with Crippen molar-refractivity contribution in [1.29, 1.82) is 0 Å². The summed E-state index contributed by atoms with van der Waals surface area (Å²) in [4.78, 5) is 11.6. The van der Waals surface area contributed by atoms with Crippen molar-refractivity contribution >= 4 is 23.3 Å². The molecule has 0 saturated carbocycles. The quantitative estimate of drug-likeness (QED) is 0.349. The van der Waals surface area contributed by atoms with Crippen molar-refractivity contribution in [1.82, 2.24) is 0 Å². The maximum Gasteiger partial charge on any atom is 0.393 e. The van der Waals surface area contributed by atoms with Crippen LogP contribution >= 0.6 is 11.8 Å². The molecule has 0 aliphatic carbocycles. The summed E-state index contributed by atoms with van der Waals surface area (Å²) in [5, 5.41) is 8.76. The first-order valence-electron chi connectivity index (χ1n) is 10.2. The molecule has 0 atom stereocenters. The Morgan fingerprint density at radius 3 is 2.39 bits per heavy atom. The number of thioether (sulfide) groups is 1. The lowest BCUT2D eigenvalue weighted by Crippen LogP contribution is -2.13. The van der Waals surface area contributed by atoms with Gasteiger partial charge in [-0.1, -0.05) is 60.7 Å². The van der Waals surface area contributed by atoms with Gasteiger partial charge in [-0.25, -0.2) is 4.79 Å². The number of hydrogen-bond acceptors (Lipinski definition) is 3. The second kappa shape index (κ2) is 11.1. The summed E-state index contributed by atoms with van der Waals surface area (Å²) in [5.74, 6) is -0.000109. The number of carboxylic acid groups (broad SMARTS) is 1. The molecular formula is C26H23F3O3S. The molecule has 0 aliphatic heterocycles. The second-order valence-corrected chi connectivity index (χ2v) is 8.45. The SMILES string of the molecule is Cc1cc(SCC=C(c2ccccc2)c2ccccc2CC(F)(F)F)ccc1OCC(=O)O. The van der Waals surface area contributed by atoms with Gasteiger partial charge in [0.1, 0.15) is 5.75 Å². The molecule has 0 unspecified atom stereocenters. The number of carboxylic acids is 1. The molecule has 0 saturated heterocycles. The lowest BCUT2D eigenvalue weighted by atomic mass is 9.92. The molecule has 0 heterocycles. The van der Waals surface area contributed by atoms with E-state index in [1.54, 1.807) is 24.3 Å². The molecule has 0 bridgehead atoms. The van der Waals surface area contributed by atoms with E-state index in [9.17, 15) is 18.0 Å². The van der Waals surface area contributed by atoms with E-state index in [0.29, 0.717) is 17.1 Å². The number of hydrogen-bond donors (Lipinski definition) is 1. The van der Waals surface area contributed by atoms with Gasteiger partial charge in [-0.15, -0.1) is 11.8 Å². The Labute approximate surface area is 194 Å². The van der Waals surface area contributed by atoms with Crippen molar-refractivity contribution in [3.8, 4) is 5.75 Å². The van der Waals surface area contributed by atoms with Gasteiger partial charge in [-0.2, -0.15) is 13.2 Å². The first kappa shape index (κ1) is 24.5. The minimum atomic E-state index is -4.30.